The average molecular weight is 906 g/mol. The molecule has 0 spiro atoms. The molecular formula is C68H43NO2. The first-order valence-electron chi connectivity index (χ1n) is 24.5. The van der Waals surface area contributed by atoms with Crippen LogP contribution in [-0.2, 0) is 10.8 Å². The van der Waals surface area contributed by atoms with Crippen LogP contribution in [0.1, 0.15) is 44.5 Å². The van der Waals surface area contributed by atoms with Crippen molar-refractivity contribution in [2.24, 2.45) is 0 Å². The minimum atomic E-state index is -0.747. The van der Waals surface area contributed by atoms with Gasteiger partial charge in [-0.15, -0.1) is 0 Å². The maximum absolute atomic E-state index is 7.21. The lowest BCUT2D eigenvalue weighted by Crippen LogP contribution is -2.29. The molecule has 15 rings (SSSR count). The molecule has 71 heavy (non-hydrogen) atoms. The van der Waals surface area contributed by atoms with E-state index in [1.165, 1.54) is 61.2 Å². The Balaban J connectivity index is 1.10. The van der Waals surface area contributed by atoms with Crippen LogP contribution < -0.4 is 4.90 Å². The van der Waals surface area contributed by atoms with Gasteiger partial charge < -0.3 is 13.7 Å². The van der Waals surface area contributed by atoms with Crippen LogP contribution in [0.4, 0.5) is 17.1 Å². The van der Waals surface area contributed by atoms with Crippen LogP contribution in [0.5, 0.6) is 0 Å². The molecule has 0 amide bonds. The van der Waals surface area contributed by atoms with Crippen molar-refractivity contribution in [1.82, 2.24) is 0 Å². The highest BCUT2D eigenvalue weighted by Crippen LogP contribution is 2.60. The fraction of sp³-hybridized carbons (Fsp3) is 0.0294. The minimum Gasteiger partial charge on any atom is -0.456 e. The van der Waals surface area contributed by atoms with E-state index in [4.69, 9.17) is 8.83 Å². The Morgan fingerprint density at radius 1 is 0.268 bits per heavy atom. The summed E-state index contributed by atoms with van der Waals surface area (Å²) in [6, 6.07) is 95.4. The predicted octanol–water partition coefficient (Wildman–Crippen LogP) is 17.7. The van der Waals surface area contributed by atoms with Crippen molar-refractivity contribution >= 4 is 60.9 Å². The van der Waals surface area contributed by atoms with E-state index >= 15 is 0 Å². The normalized spacial score (nSPS) is 13.9. The Morgan fingerprint density at radius 3 is 1.30 bits per heavy atom. The van der Waals surface area contributed by atoms with Gasteiger partial charge in [-0.1, -0.05) is 218 Å². The number of para-hydroxylation sites is 3. The van der Waals surface area contributed by atoms with Crippen molar-refractivity contribution in [1.29, 1.82) is 0 Å². The first-order valence-corrected chi connectivity index (χ1v) is 24.5. The molecule has 0 N–H and O–H groups in total. The molecule has 2 heterocycles. The van der Waals surface area contributed by atoms with Gasteiger partial charge in [0, 0.05) is 38.5 Å². The Hall–Kier alpha value is -9.18. The number of rotatable bonds is 7. The fourth-order valence-corrected chi connectivity index (χ4v) is 12.8. The predicted molar refractivity (Wildman–Crippen MR) is 290 cm³/mol. The number of fused-ring (bicyclic) bond motifs is 12. The highest BCUT2D eigenvalue weighted by molar-refractivity contribution is 6.12. The SMILES string of the molecule is c1ccc(C2(c3ccccc3)c3ccccc3-c3ccc(N(c4cc(C5(c6ccccc6)c6ccccc6-c6ccccc65)c5oc6ccccc6c5c4)c4cccc5c4oc4ccccc45)cc32)cc1. The summed E-state index contributed by atoms with van der Waals surface area (Å²) in [5.74, 6) is 0. The molecule has 13 aromatic rings. The second-order valence-electron chi connectivity index (χ2n) is 19.0. The monoisotopic (exact) mass is 905 g/mol. The molecule has 3 heteroatoms. The van der Waals surface area contributed by atoms with E-state index in [1.54, 1.807) is 0 Å². The Kier molecular flexibility index (Phi) is 8.49. The lowest BCUT2D eigenvalue weighted by Gasteiger charge is -2.36. The maximum Gasteiger partial charge on any atom is 0.159 e. The minimum absolute atomic E-state index is 0.605. The number of benzene rings is 11. The van der Waals surface area contributed by atoms with Gasteiger partial charge in [-0.2, -0.15) is 0 Å². The molecule has 0 unspecified atom stereocenters. The molecule has 0 bridgehead atoms. The first kappa shape index (κ1) is 39.8. The van der Waals surface area contributed by atoms with E-state index < -0.39 is 10.8 Å². The van der Waals surface area contributed by atoms with Crippen LogP contribution in [0.25, 0.3) is 66.1 Å². The summed E-state index contributed by atoms with van der Waals surface area (Å²) in [6.45, 7) is 0. The van der Waals surface area contributed by atoms with E-state index in [9.17, 15) is 0 Å². The van der Waals surface area contributed by atoms with Crippen LogP contribution in [0.2, 0.25) is 0 Å². The molecule has 11 aromatic carbocycles. The van der Waals surface area contributed by atoms with Crippen LogP contribution in [-0.4, -0.2) is 0 Å². The van der Waals surface area contributed by atoms with Gasteiger partial charge in [0.05, 0.1) is 16.5 Å². The van der Waals surface area contributed by atoms with Gasteiger partial charge in [0.25, 0.3) is 0 Å². The zero-order valence-electron chi connectivity index (χ0n) is 38.6. The topological polar surface area (TPSA) is 29.5 Å². The van der Waals surface area contributed by atoms with Crippen molar-refractivity contribution < 1.29 is 8.83 Å². The quantitative estimate of drug-likeness (QED) is 0.160. The molecule has 0 radical (unpaired) electrons. The van der Waals surface area contributed by atoms with Crippen LogP contribution in [0, 0.1) is 0 Å². The third kappa shape index (κ3) is 5.43. The molecule has 2 aliphatic rings. The van der Waals surface area contributed by atoms with E-state index in [0.717, 1.165) is 66.5 Å². The van der Waals surface area contributed by atoms with E-state index in [-0.39, 0.29) is 0 Å². The number of hydrogen-bond donors (Lipinski definition) is 0. The van der Waals surface area contributed by atoms with Gasteiger partial charge in [-0.25, -0.2) is 0 Å². The van der Waals surface area contributed by atoms with Crippen molar-refractivity contribution in [3.8, 4) is 22.3 Å². The number of hydrogen-bond acceptors (Lipinski definition) is 3. The maximum atomic E-state index is 7.21. The smallest absolute Gasteiger partial charge is 0.159 e. The van der Waals surface area contributed by atoms with Gasteiger partial charge in [-0.3, -0.25) is 0 Å². The largest absolute Gasteiger partial charge is 0.456 e. The van der Waals surface area contributed by atoms with Gasteiger partial charge in [0.2, 0.25) is 0 Å². The van der Waals surface area contributed by atoms with Crippen molar-refractivity contribution in [3.05, 3.63) is 305 Å². The van der Waals surface area contributed by atoms with Crippen LogP contribution in [0.15, 0.2) is 270 Å². The molecule has 0 fully saturated rings. The molecule has 0 saturated carbocycles. The van der Waals surface area contributed by atoms with Crippen molar-refractivity contribution in [3.63, 3.8) is 0 Å². The highest BCUT2D eigenvalue weighted by atomic mass is 16.3. The second-order valence-corrected chi connectivity index (χ2v) is 19.0. The van der Waals surface area contributed by atoms with Crippen LogP contribution >= 0.6 is 0 Å². The first-order chi connectivity index (χ1) is 35.2. The highest BCUT2D eigenvalue weighted by Gasteiger charge is 2.49. The third-order valence-corrected chi connectivity index (χ3v) is 15.6. The lowest BCUT2D eigenvalue weighted by molar-refractivity contribution is 0.648. The van der Waals surface area contributed by atoms with Gasteiger partial charge in [-0.05, 0) is 104 Å². The van der Waals surface area contributed by atoms with Gasteiger partial charge >= 0.3 is 0 Å². The summed E-state index contributed by atoms with van der Waals surface area (Å²) in [5.41, 5.74) is 19.5. The van der Waals surface area contributed by atoms with E-state index in [2.05, 4.69) is 266 Å². The van der Waals surface area contributed by atoms with Crippen LogP contribution in [0.3, 0.4) is 0 Å². The summed E-state index contributed by atoms with van der Waals surface area (Å²) in [6.07, 6.45) is 0. The van der Waals surface area contributed by atoms with Gasteiger partial charge in [0.15, 0.2) is 5.58 Å². The third-order valence-electron chi connectivity index (χ3n) is 15.6. The molecular weight excluding hydrogens is 863 g/mol. The zero-order chi connectivity index (χ0) is 46.7. The second kappa shape index (κ2) is 15.2. The molecule has 0 atom stereocenters. The molecule has 3 nitrogen and oxygen atoms in total. The summed E-state index contributed by atoms with van der Waals surface area (Å²) in [5, 5.41) is 4.25. The molecule has 332 valence electrons. The number of furan rings is 2. The summed E-state index contributed by atoms with van der Waals surface area (Å²) < 4.78 is 14.2. The summed E-state index contributed by atoms with van der Waals surface area (Å²) >= 11 is 0. The Morgan fingerprint density at radius 2 is 0.704 bits per heavy atom. The summed E-state index contributed by atoms with van der Waals surface area (Å²) in [7, 11) is 0. The molecule has 0 saturated heterocycles. The van der Waals surface area contributed by atoms with Gasteiger partial charge in [0.1, 0.15) is 16.7 Å². The van der Waals surface area contributed by atoms with Crippen molar-refractivity contribution in [2.45, 2.75) is 10.8 Å². The fourth-order valence-electron chi connectivity index (χ4n) is 12.8. The Bertz CT molecular complexity index is 4160. The van der Waals surface area contributed by atoms with E-state index in [1.807, 2.05) is 0 Å². The zero-order valence-corrected chi connectivity index (χ0v) is 38.6. The van der Waals surface area contributed by atoms with E-state index in [0.29, 0.717) is 0 Å². The number of anilines is 3. The Labute approximate surface area is 411 Å². The molecule has 0 aliphatic heterocycles. The standard InChI is InChI=1S/C68H43NO2/c1-4-21-44(22-5-1)67(45-23-6-2-7-24-45)57-33-15-10-29-51(57)52-40-39-47(42-60(52)67)69(62-36-20-32-55-53-30-13-18-37-63(53)71-66(55)62)48-41-56-54-31-14-19-38-64(54)70-65(56)61(43-48)68(46-25-8-3-9-26-46)58-34-16-11-27-49(58)50-28-12-17-35-59(50)68/h1-43H. The molecule has 2 aliphatic carbocycles. The molecule has 2 aromatic heterocycles. The summed E-state index contributed by atoms with van der Waals surface area (Å²) in [4.78, 5) is 2.45. The average Bonchev–Trinajstić information content (AvgIpc) is 4.18. The lowest BCUT2D eigenvalue weighted by atomic mass is 9.67. The van der Waals surface area contributed by atoms with Crippen molar-refractivity contribution in [2.75, 3.05) is 4.90 Å². The number of nitrogens with zero attached hydrogens (tertiary/aromatic N) is 1.